The molecule has 1 saturated heterocycles. The van der Waals surface area contributed by atoms with E-state index in [2.05, 4.69) is 15.4 Å². The number of thioether (sulfide) groups is 1. The van der Waals surface area contributed by atoms with Crippen LogP contribution >= 0.6 is 23.4 Å². The number of rotatable bonds is 6. The highest BCUT2D eigenvalue weighted by Crippen LogP contribution is 2.26. The van der Waals surface area contributed by atoms with Crippen LogP contribution in [-0.4, -0.2) is 25.5 Å². The second-order valence-electron chi connectivity index (χ2n) is 7.07. The van der Waals surface area contributed by atoms with Gasteiger partial charge in [0.15, 0.2) is 0 Å². The van der Waals surface area contributed by atoms with E-state index < -0.39 is 27.1 Å². The van der Waals surface area contributed by atoms with E-state index in [1.54, 1.807) is 30.3 Å². The molecule has 0 aliphatic carbocycles. The second kappa shape index (κ2) is 9.72. The molecule has 1 fully saturated rings. The number of hydrogen-bond donors (Lipinski definition) is 3. The van der Waals surface area contributed by atoms with Crippen molar-refractivity contribution in [1.29, 1.82) is 0 Å². The second-order valence-corrected chi connectivity index (χ2v) is 10.2. The summed E-state index contributed by atoms with van der Waals surface area (Å²) in [6.45, 7) is 0. The van der Waals surface area contributed by atoms with Crippen LogP contribution < -0.4 is 15.4 Å². The normalized spacial score (nSPS) is 14.7. The summed E-state index contributed by atoms with van der Waals surface area (Å²) in [5.41, 5.74) is 1.73. The number of carbonyl (C=O) groups excluding carboxylic acids is 3. The molecule has 0 radical (unpaired) electrons. The zero-order valence-corrected chi connectivity index (χ0v) is 19.6. The summed E-state index contributed by atoms with van der Waals surface area (Å²) in [4.78, 5) is 36.0. The number of imide groups is 1. The first kappa shape index (κ1) is 23.6. The summed E-state index contributed by atoms with van der Waals surface area (Å²) in [7, 11) is -3.80. The molecule has 0 spiro atoms. The number of carbonyl (C=O) groups is 3. The third kappa shape index (κ3) is 5.66. The average molecular weight is 514 g/mol. The molecule has 3 N–H and O–H groups in total. The van der Waals surface area contributed by atoms with Gasteiger partial charge in [-0.05, 0) is 84.1 Å². The Morgan fingerprint density at radius 1 is 0.941 bits per heavy atom. The summed E-state index contributed by atoms with van der Waals surface area (Å²) < 4.78 is 27.4. The smallest absolute Gasteiger partial charge is 0.290 e. The molecule has 11 heteroatoms. The Labute approximate surface area is 204 Å². The van der Waals surface area contributed by atoms with Crippen molar-refractivity contribution in [2.24, 2.45) is 0 Å². The third-order valence-corrected chi connectivity index (χ3v) is 7.07. The molecule has 3 aromatic rings. The predicted molar refractivity (Wildman–Crippen MR) is 132 cm³/mol. The van der Waals surface area contributed by atoms with Gasteiger partial charge in [-0.3, -0.25) is 24.4 Å². The Hall–Kier alpha value is -3.60. The zero-order valence-electron chi connectivity index (χ0n) is 17.2. The maximum atomic E-state index is 12.6. The van der Waals surface area contributed by atoms with Gasteiger partial charge in [0.2, 0.25) is 0 Å². The summed E-state index contributed by atoms with van der Waals surface area (Å²) in [5.74, 6) is -0.865. The molecule has 1 aliphatic rings. The number of halogens is 1. The van der Waals surface area contributed by atoms with Gasteiger partial charge >= 0.3 is 0 Å². The first-order valence-corrected chi connectivity index (χ1v) is 12.4. The number of nitrogens with one attached hydrogen (secondary N) is 3. The van der Waals surface area contributed by atoms with Gasteiger partial charge in [0.05, 0.1) is 9.80 Å². The minimum Gasteiger partial charge on any atom is -0.322 e. The molecule has 0 atom stereocenters. The quantitative estimate of drug-likeness (QED) is 0.410. The van der Waals surface area contributed by atoms with Crippen LogP contribution in [0.3, 0.4) is 0 Å². The molecule has 0 bridgehead atoms. The van der Waals surface area contributed by atoms with E-state index in [0.29, 0.717) is 27.5 Å². The number of benzene rings is 3. The standard InChI is InChI=1S/C23H16ClN3O5S2/c24-16-6-10-19(11-7-16)34(31,32)27-17-8-4-15(5-9-17)21(28)25-18-3-1-2-14(12-18)13-20-22(29)26-23(30)33-20/h1-13,27H,(H,25,28)(H,26,29,30). The van der Waals surface area contributed by atoms with Gasteiger partial charge in [0.25, 0.3) is 27.1 Å². The topological polar surface area (TPSA) is 121 Å². The van der Waals surface area contributed by atoms with E-state index in [9.17, 15) is 22.8 Å². The molecule has 0 saturated carbocycles. The van der Waals surface area contributed by atoms with Gasteiger partial charge in [-0.15, -0.1) is 0 Å². The largest absolute Gasteiger partial charge is 0.322 e. The molecular formula is C23H16ClN3O5S2. The number of sulfonamides is 1. The maximum Gasteiger partial charge on any atom is 0.290 e. The molecule has 34 heavy (non-hydrogen) atoms. The molecule has 8 nitrogen and oxygen atoms in total. The molecule has 0 aromatic heterocycles. The van der Waals surface area contributed by atoms with Crippen LogP contribution in [0.25, 0.3) is 6.08 Å². The fourth-order valence-electron chi connectivity index (χ4n) is 3.00. The lowest BCUT2D eigenvalue weighted by molar-refractivity contribution is -0.115. The van der Waals surface area contributed by atoms with Crippen LogP contribution in [0.15, 0.2) is 82.6 Å². The van der Waals surface area contributed by atoms with E-state index in [1.165, 1.54) is 48.5 Å². The average Bonchev–Trinajstić information content (AvgIpc) is 3.11. The van der Waals surface area contributed by atoms with E-state index in [1.807, 2.05) is 0 Å². The van der Waals surface area contributed by atoms with Gasteiger partial charge in [0, 0.05) is 22.0 Å². The van der Waals surface area contributed by atoms with Crippen molar-refractivity contribution in [1.82, 2.24) is 5.32 Å². The van der Waals surface area contributed by atoms with Gasteiger partial charge < -0.3 is 5.32 Å². The molecule has 1 aliphatic heterocycles. The SMILES string of the molecule is O=C1NC(=O)C(=Cc2cccc(NC(=O)c3ccc(NS(=O)(=O)c4ccc(Cl)cc4)cc3)c2)S1. The first-order valence-electron chi connectivity index (χ1n) is 9.74. The van der Waals surface area contributed by atoms with Crippen LogP contribution in [0, 0.1) is 0 Å². The minimum absolute atomic E-state index is 0.0615. The highest BCUT2D eigenvalue weighted by atomic mass is 35.5. The van der Waals surface area contributed by atoms with Crippen molar-refractivity contribution in [3.8, 4) is 0 Å². The summed E-state index contributed by atoms with van der Waals surface area (Å²) in [6.07, 6.45) is 1.56. The predicted octanol–water partition coefficient (Wildman–Crippen LogP) is 4.72. The highest BCUT2D eigenvalue weighted by molar-refractivity contribution is 8.18. The Balaban J connectivity index is 1.43. The Morgan fingerprint density at radius 2 is 1.65 bits per heavy atom. The lowest BCUT2D eigenvalue weighted by Crippen LogP contribution is -2.17. The number of hydrogen-bond acceptors (Lipinski definition) is 6. The Bertz CT molecular complexity index is 1420. The fourth-order valence-corrected chi connectivity index (χ4v) is 4.87. The van der Waals surface area contributed by atoms with Crippen molar-refractivity contribution >= 4 is 67.9 Å². The lowest BCUT2D eigenvalue weighted by Gasteiger charge is -2.10. The monoisotopic (exact) mass is 513 g/mol. The summed E-state index contributed by atoms with van der Waals surface area (Å²) >= 11 is 6.61. The molecule has 4 rings (SSSR count). The summed E-state index contributed by atoms with van der Waals surface area (Å²) in [6, 6.07) is 18.5. The van der Waals surface area contributed by atoms with E-state index in [-0.39, 0.29) is 9.80 Å². The number of amides is 3. The highest BCUT2D eigenvalue weighted by Gasteiger charge is 2.25. The van der Waals surface area contributed by atoms with Crippen molar-refractivity contribution < 1.29 is 22.8 Å². The van der Waals surface area contributed by atoms with Crippen molar-refractivity contribution in [2.75, 3.05) is 10.0 Å². The van der Waals surface area contributed by atoms with E-state index in [0.717, 1.165) is 11.8 Å². The van der Waals surface area contributed by atoms with Crippen LogP contribution in [0.1, 0.15) is 15.9 Å². The number of anilines is 2. The minimum atomic E-state index is -3.80. The summed E-state index contributed by atoms with van der Waals surface area (Å²) in [5, 5.41) is 4.93. The Morgan fingerprint density at radius 3 is 2.29 bits per heavy atom. The van der Waals surface area contributed by atoms with Crippen LogP contribution in [0.4, 0.5) is 16.2 Å². The van der Waals surface area contributed by atoms with Crippen LogP contribution in [0.2, 0.25) is 5.02 Å². The van der Waals surface area contributed by atoms with Gasteiger partial charge in [0.1, 0.15) is 0 Å². The molecule has 0 unspecified atom stereocenters. The lowest BCUT2D eigenvalue weighted by atomic mass is 10.1. The van der Waals surface area contributed by atoms with Crippen molar-refractivity contribution in [2.45, 2.75) is 4.90 Å². The van der Waals surface area contributed by atoms with Crippen LogP contribution in [-0.2, 0) is 14.8 Å². The van der Waals surface area contributed by atoms with E-state index >= 15 is 0 Å². The molecule has 3 amide bonds. The van der Waals surface area contributed by atoms with Gasteiger partial charge in [-0.25, -0.2) is 8.42 Å². The first-order chi connectivity index (χ1) is 16.2. The van der Waals surface area contributed by atoms with Gasteiger partial charge in [-0.1, -0.05) is 23.7 Å². The molecular weight excluding hydrogens is 498 g/mol. The molecule has 172 valence electrons. The van der Waals surface area contributed by atoms with Crippen molar-refractivity contribution in [3.05, 3.63) is 93.9 Å². The Kier molecular flexibility index (Phi) is 6.73. The molecule has 3 aromatic carbocycles. The van der Waals surface area contributed by atoms with Crippen LogP contribution in [0.5, 0.6) is 0 Å². The van der Waals surface area contributed by atoms with Gasteiger partial charge in [-0.2, -0.15) is 0 Å². The third-order valence-electron chi connectivity index (χ3n) is 4.61. The fraction of sp³-hybridized carbons (Fsp3) is 0. The molecule has 1 heterocycles. The van der Waals surface area contributed by atoms with Crippen molar-refractivity contribution in [3.63, 3.8) is 0 Å². The zero-order chi connectivity index (χ0) is 24.3. The van der Waals surface area contributed by atoms with E-state index in [4.69, 9.17) is 11.6 Å². The maximum absolute atomic E-state index is 12.6.